The molecule has 2 aromatic heterocycles. The fourth-order valence-corrected chi connectivity index (χ4v) is 3.90. The van der Waals surface area contributed by atoms with Crippen LogP contribution in [0.1, 0.15) is 18.7 Å². The van der Waals surface area contributed by atoms with E-state index in [2.05, 4.69) is 25.0 Å². The van der Waals surface area contributed by atoms with Gasteiger partial charge < -0.3 is 4.90 Å². The van der Waals surface area contributed by atoms with Gasteiger partial charge in [-0.05, 0) is 12.8 Å². The summed E-state index contributed by atoms with van der Waals surface area (Å²) in [5, 5.41) is 8.34. The van der Waals surface area contributed by atoms with Crippen LogP contribution in [0.3, 0.4) is 0 Å². The number of hydrogen-bond donors (Lipinski definition) is 0. The van der Waals surface area contributed by atoms with Crippen LogP contribution in [0.25, 0.3) is 0 Å². The Hall–Kier alpha value is -2.26. The molecule has 0 bridgehead atoms. The number of piperazine rings is 1. The van der Waals surface area contributed by atoms with E-state index in [9.17, 15) is 4.79 Å². The standard InChI is InChI=1S/C17H26N8O/c1-21-11-14(10-19-21)25-5-3-4-15(17(25)26)24-8-6-23(7-9-24)12-16-18-13-20-22(16)2/h10-11,13,15H,3-9,12H2,1-2H3. The predicted molar refractivity (Wildman–Crippen MR) is 96.4 cm³/mol. The number of piperidine rings is 1. The molecule has 140 valence electrons. The molecule has 4 rings (SSSR count). The molecule has 1 atom stereocenters. The first kappa shape index (κ1) is 17.2. The maximum absolute atomic E-state index is 13.0. The lowest BCUT2D eigenvalue weighted by atomic mass is 10.0. The summed E-state index contributed by atoms with van der Waals surface area (Å²) >= 11 is 0. The Morgan fingerprint density at radius 3 is 2.58 bits per heavy atom. The molecule has 0 saturated carbocycles. The molecule has 0 radical (unpaired) electrons. The van der Waals surface area contributed by atoms with E-state index in [1.165, 1.54) is 0 Å². The zero-order valence-electron chi connectivity index (χ0n) is 15.5. The van der Waals surface area contributed by atoms with E-state index in [1.807, 2.05) is 29.9 Å². The molecule has 0 aromatic carbocycles. The average molecular weight is 358 g/mol. The topological polar surface area (TPSA) is 75.3 Å². The molecule has 0 spiro atoms. The summed E-state index contributed by atoms with van der Waals surface area (Å²) < 4.78 is 3.57. The molecule has 2 aromatic rings. The molecule has 2 aliphatic heterocycles. The highest BCUT2D eigenvalue weighted by molar-refractivity contribution is 5.97. The van der Waals surface area contributed by atoms with E-state index in [4.69, 9.17) is 0 Å². The van der Waals surface area contributed by atoms with Gasteiger partial charge in [0.1, 0.15) is 12.2 Å². The molecule has 2 fully saturated rings. The lowest BCUT2D eigenvalue weighted by Crippen LogP contribution is -2.57. The van der Waals surface area contributed by atoms with Crippen LogP contribution >= 0.6 is 0 Å². The fraction of sp³-hybridized carbons (Fsp3) is 0.647. The maximum Gasteiger partial charge on any atom is 0.244 e. The molecule has 9 nitrogen and oxygen atoms in total. The minimum absolute atomic E-state index is 0.0130. The zero-order valence-corrected chi connectivity index (χ0v) is 15.5. The van der Waals surface area contributed by atoms with Crippen molar-refractivity contribution in [3.63, 3.8) is 0 Å². The zero-order chi connectivity index (χ0) is 18.1. The largest absolute Gasteiger partial charge is 0.308 e. The Labute approximate surface area is 153 Å². The lowest BCUT2D eigenvalue weighted by molar-refractivity contribution is -0.126. The first-order chi connectivity index (χ1) is 12.6. The summed E-state index contributed by atoms with van der Waals surface area (Å²) in [5.41, 5.74) is 0.906. The van der Waals surface area contributed by atoms with E-state index in [0.29, 0.717) is 0 Å². The number of carbonyl (C=O) groups excluding carboxylic acids is 1. The molecule has 0 N–H and O–H groups in total. The fourth-order valence-electron chi connectivity index (χ4n) is 3.90. The van der Waals surface area contributed by atoms with Crippen molar-refractivity contribution in [2.45, 2.75) is 25.4 Å². The second-order valence-electron chi connectivity index (χ2n) is 7.13. The highest BCUT2D eigenvalue weighted by Gasteiger charge is 2.35. The number of hydrogen-bond acceptors (Lipinski definition) is 6. The van der Waals surface area contributed by atoms with Crippen molar-refractivity contribution in [3.8, 4) is 0 Å². The second kappa shape index (κ2) is 7.16. The highest BCUT2D eigenvalue weighted by Crippen LogP contribution is 2.24. The van der Waals surface area contributed by atoms with Gasteiger partial charge >= 0.3 is 0 Å². The van der Waals surface area contributed by atoms with Crippen LogP contribution in [-0.4, -0.2) is 79.0 Å². The second-order valence-corrected chi connectivity index (χ2v) is 7.13. The van der Waals surface area contributed by atoms with Gasteiger partial charge in [-0.15, -0.1) is 0 Å². The summed E-state index contributed by atoms with van der Waals surface area (Å²) in [7, 11) is 3.80. The summed E-state index contributed by atoms with van der Waals surface area (Å²) in [6, 6.07) is -0.0130. The van der Waals surface area contributed by atoms with Gasteiger partial charge in [-0.2, -0.15) is 10.2 Å². The van der Waals surface area contributed by atoms with Gasteiger partial charge in [0.05, 0.1) is 24.5 Å². The minimum atomic E-state index is -0.0130. The van der Waals surface area contributed by atoms with Gasteiger partial charge in [0.2, 0.25) is 5.91 Å². The monoisotopic (exact) mass is 358 g/mol. The number of nitrogens with zero attached hydrogens (tertiary/aromatic N) is 8. The first-order valence-corrected chi connectivity index (χ1v) is 9.21. The van der Waals surface area contributed by atoms with Gasteiger partial charge in [-0.1, -0.05) is 0 Å². The van der Waals surface area contributed by atoms with Crippen LogP contribution in [0, 0.1) is 0 Å². The van der Waals surface area contributed by atoms with Gasteiger partial charge in [0.25, 0.3) is 0 Å². The number of amides is 1. The molecular formula is C17H26N8O. The highest BCUT2D eigenvalue weighted by atomic mass is 16.2. The Morgan fingerprint density at radius 2 is 1.92 bits per heavy atom. The third-order valence-corrected chi connectivity index (χ3v) is 5.43. The van der Waals surface area contributed by atoms with Crippen LogP contribution in [0.4, 0.5) is 5.69 Å². The molecular weight excluding hydrogens is 332 g/mol. The van der Waals surface area contributed by atoms with Crippen molar-refractivity contribution >= 4 is 11.6 Å². The Morgan fingerprint density at radius 1 is 1.12 bits per heavy atom. The normalized spacial score (nSPS) is 22.9. The number of aromatic nitrogens is 5. The number of carbonyl (C=O) groups is 1. The van der Waals surface area contributed by atoms with Crippen molar-refractivity contribution in [3.05, 3.63) is 24.5 Å². The van der Waals surface area contributed by atoms with Crippen LogP contribution < -0.4 is 4.90 Å². The van der Waals surface area contributed by atoms with E-state index in [1.54, 1.807) is 17.2 Å². The van der Waals surface area contributed by atoms with E-state index < -0.39 is 0 Å². The van der Waals surface area contributed by atoms with Gasteiger partial charge in [0, 0.05) is 53.0 Å². The summed E-state index contributed by atoms with van der Waals surface area (Å²) in [6.07, 6.45) is 7.26. The molecule has 1 amide bonds. The first-order valence-electron chi connectivity index (χ1n) is 9.21. The lowest BCUT2D eigenvalue weighted by Gasteiger charge is -2.42. The smallest absolute Gasteiger partial charge is 0.244 e. The minimum Gasteiger partial charge on any atom is -0.308 e. The van der Waals surface area contributed by atoms with Gasteiger partial charge in [-0.3, -0.25) is 24.0 Å². The number of aryl methyl sites for hydroxylation is 2. The molecule has 4 heterocycles. The molecule has 1 unspecified atom stereocenters. The summed E-state index contributed by atoms with van der Waals surface area (Å²) in [5.74, 6) is 1.20. The Bertz CT molecular complexity index is 760. The van der Waals surface area contributed by atoms with Crippen molar-refractivity contribution in [2.75, 3.05) is 37.6 Å². The maximum atomic E-state index is 13.0. The van der Waals surface area contributed by atoms with Crippen LogP contribution in [0.15, 0.2) is 18.7 Å². The molecule has 2 aliphatic rings. The summed E-state index contributed by atoms with van der Waals surface area (Å²) in [4.78, 5) is 24.0. The van der Waals surface area contributed by atoms with E-state index in [-0.39, 0.29) is 11.9 Å². The van der Waals surface area contributed by atoms with Crippen molar-refractivity contribution in [2.24, 2.45) is 14.1 Å². The molecule has 2 saturated heterocycles. The quantitative estimate of drug-likeness (QED) is 0.757. The van der Waals surface area contributed by atoms with Crippen LogP contribution in [0.2, 0.25) is 0 Å². The van der Waals surface area contributed by atoms with Crippen molar-refractivity contribution < 1.29 is 4.79 Å². The molecule has 0 aliphatic carbocycles. The third kappa shape index (κ3) is 3.36. The van der Waals surface area contributed by atoms with Gasteiger partial charge in [0.15, 0.2) is 0 Å². The Kier molecular flexibility index (Phi) is 4.73. The number of rotatable bonds is 4. The van der Waals surface area contributed by atoms with Crippen molar-refractivity contribution in [1.82, 2.24) is 34.3 Å². The average Bonchev–Trinajstić information content (AvgIpc) is 3.25. The third-order valence-electron chi connectivity index (χ3n) is 5.43. The number of anilines is 1. The van der Waals surface area contributed by atoms with E-state index >= 15 is 0 Å². The van der Waals surface area contributed by atoms with Crippen LogP contribution in [-0.2, 0) is 25.4 Å². The van der Waals surface area contributed by atoms with Gasteiger partial charge in [-0.25, -0.2) is 4.98 Å². The van der Waals surface area contributed by atoms with Crippen LogP contribution in [0.5, 0.6) is 0 Å². The van der Waals surface area contributed by atoms with E-state index in [0.717, 1.165) is 63.6 Å². The molecule has 9 heteroatoms. The Balaban J connectivity index is 1.36. The predicted octanol–water partition coefficient (Wildman–Crippen LogP) is -0.138. The molecule has 26 heavy (non-hydrogen) atoms. The van der Waals surface area contributed by atoms with Crippen molar-refractivity contribution in [1.29, 1.82) is 0 Å². The SMILES string of the molecule is Cn1cc(N2CCCC(N3CCN(Cc4ncnn4C)CC3)C2=O)cn1. The summed E-state index contributed by atoms with van der Waals surface area (Å²) in [6.45, 7) is 5.31.